The van der Waals surface area contributed by atoms with E-state index in [0.29, 0.717) is 11.3 Å². The van der Waals surface area contributed by atoms with Gasteiger partial charge in [0.15, 0.2) is 0 Å². The van der Waals surface area contributed by atoms with Gasteiger partial charge in [0.2, 0.25) is 10.6 Å². The third-order valence-corrected chi connectivity index (χ3v) is 3.37. The molecule has 0 saturated carbocycles. The molecule has 1 aromatic carbocycles. The van der Waals surface area contributed by atoms with Gasteiger partial charge in [0.25, 0.3) is 0 Å². The number of thioether (sulfide) groups is 1. The Kier molecular flexibility index (Phi) is 2.60. The van der Waals surface area contributed by atoms with Crippen LogP contribution in [0.4, 0.5) is 5.69 Å². The maximum Gasteiger partial charge on any atom is 0.234 e. The van der Waals surface area contributed by atoms with Crippen LogP contribution >= 0.6 is 27.7 Å². The van der Waals surface area contributed by atoms with Crippen molar-refractivity contribution in [1.29, 1.82) is 0 Å². The highest BCUT2D eigenvalue weighted by molar-refractivity contribution is 9.18. The molecular formula is C9H6BrNO2S. The lowest BCUT2D eigenvalue weighted by atomic mass is 10.2. The van der Waals surface area contributed by atoms with Crippen molar-refractivity contribution in [3.63, 3.8) is 0 Å². The summed E-state index contributed by atoms with van der Waals surface area (Å²) in [7, 11) is 0. The SMILES string of the molecule is O=C1CSc2ccc(C(=O)Br)cc2N1. The molecule has 0 unspecified atom stereocenters. The van der Waals surface area contributed by atoms with Crippen molar-refractivity contribution in [3.8, 4) is 0 Å². The fraction of sp³-hybridized carbons (Fsp3) is 0.111. The smallest absolute Gasteiger partial charge is 0.234 e. The molecule has 1 N–H and O–H groups in total. The lowest BCUT2D eigenvalue weighted by molar-refractivity contribution is -0.113. The molecule has 72 valence electrons. The van der Waals surface area contributed by atoms with Gasteiger partial charge in [0.05, 0.1) is 11.4 Å². The summed E-state index contributed by atoms with van der Waals surface area (Å²) in [6, 6.07) is 5.25. The van der Waals surface area contributed by atoms with E-state index >= 15 is 0 Å². The van der Waals surface area contributed by atoms with E-state index in [9.17, 15) is 9.59 Å². The van der Waals surface area contributed by atoms with Gasteiger partial charge in [-0.25, -0.2) is 0 Å². The topological polar surface area (TPSA) is 46.2 Å². The van der Waals surface area contributed by atoms with Gasteiger partial charge in [0, 0.05) is 10.5 Å². The van der Waals surface area contributed by atoms with Crippen LogP contribution < -0.4 is 5.32 Å². The van der Waals surface area contributed by atoms with Gasteiger partial charge >= 0.3 is 0 Å². The van der Waals surface area contributed by atoms with E-state index in [1.807, 2.05) is 6.07 Å². The molecule has 0 bridgehead atoms. The normalized spacial score (nSPS) is 14.5. The molecule has 0 aromatic heterocycles. The zero-order valence-electron chi connectivity index (χ0n) is 7.04. The molecule has 0 aliphatic carbocycles. The van der Waals surface area contributed by atoms with Crippen molar-refractivity contribution in [2.75, 3.05) is 11.1 Å². The molecule has 2 rings (SSSR count). The Bertz CT molecular complexity index is 419. The molecule has 1 aliphatic heterocycles. The Morgan fingerprint density at radius 3 is 3.00 bits per heavy atom. The van der Waals surface area contributed by atoms with Gasteiger partial charge in [-0.1, -0.05) is 0 Å². The van der Waals surface area contributed by atoms with E-state index in [1.165, 1.54) is 11.8 Å². The summed E-state index contributed by atoms with van der Waals surface area (Å²) in [5.74, 6) is 0.413. The summed E-state index contributed by atoms with van der Waals surface area (Å²) in [4.78, 5) is 23.1. The van der Waals surface area contributed by atoms with E-state index in [4.69, 9.17) is 0 Å². The zero-order chi connectivity index (χ0) is 10.1. The van der Waals surface area contributed by atoms with Crippen molar-refractivity contribution in [1.82, 2.24) is 0 Å². The second-order valence-corrected chi connectivity index (χ2v) is 4.56. The van der Waals surface area contributed by atoms with Crippen LogP contribution in [-0.2, 0) is 4.79 Å². The van der Waals surface area contributed by atoms with Crippen molar-refractivity contribution in [2.45, 2.75) is 4.90 Å². The molecule has 0 fully saturated rings. The molecule has 0 saturated heterocycles. The maximum atomic E-state index is 11.1. The van der Waals surface area contributed by atoms with Crippen molar-refractivity contribution < 1.29 is 9.59 Å². The Morgan fingerprint density at radius 1 is 1.50 bits per heavy atom. The summed E-state index contributed by atoms with van der Waals surface area (Å²) in [5.41, 5.74) is 1.27. The van der Waals surface area contributed by atoms with Crippen LogP contribution in [-0.4, -0.2) is 16.4 Å². The average Bonchev–Trinajstić information content (AvgIpc) is 2.16. The molecule has 0 atom stereocenters. The van der Waals surface area contributed by atoms with Crippen LogP contribution in [0.15, 0.2) is 23.1 Å². The van der Waals surface area contributed by atoms with Crippen molar-refractivity contribution in [2.24, 2.45) is 0 Å². The molecule has 1 aromatic rings. The van der Waals surface area contributed by atoms with E-state index in [-0.39, 0.29) is 10.6 Å². The number of fused-ring (bicyclic) bond motifs is 1. The van der Waals surface area contributed by atoms with Gasteiger partial charge in [-0.15, -0.1) is 11.8 Å². The number of hydrogen-bond acceptors (Lipinski definition) is 3. The molecule has 3 nitrogen and oxygen atoms in total. The van der Waals surface area contributed by atoms with Gasteiger partial charge in [-0.3, -0.25) is 9.59 Å². The van der Waals surface area contributed by atoms with E-state index in [0.717, 1.165) is 10.6 Å². The molecule has 5 heteroatoms. The summed E-state index contributed by atoms with van der Waals surface area (Å²) < 4.78 is -0.176. The molecule has 1 heterocycles. The van der Waals surface area contributed by atoms with Gasteiger partial charge < -0.3 is 5.32 Å². The molecular weight excluding hydrogens is 266 g/mol. The first-order chi connectivity index (χ1) is 6.66. The molecule has 1 aliphatic rings. The number of carbonyl (C=O) groups excluding carboxylic acids is 2. The van der Waals surface area contributed by atoms with E-state index in [2.05, 4.69) is 21.2 Å². The number of nitrogens with one attached hydrogen (secondary N) is 1. The van der Waals surface area contributed by atoms with Crippen molar-refractivity contribution in [3.05, 3.63) is 23.8 Å². The Balaban J connectivity index is 2.42. The van der Waals surface area contributed by atoms with Crippen LogP contribution in [0.3, 0.4) is 0 Å². The Hall–Kier alpha value is -0.810. The summed E-state index contributed by atoms with van der Waals surface area (Å²) in [5, 5.41) is 2.72. The lowest BCUT2D eigenvalue weighted by Crippen LogP contribution is -2.18. The zero-order valence-corrected chi connectivity index (χ0v) is 9.44. The standard InChI is InChI=1S/C9H6BrNO2S/c10-9(13)5-1-2-7-6(3-5)11-8(12)4-14-7/h1-3H,4H2,(H,11,12). The average molecular weight is 272 g/mol. The summed E-state index contributed by atoms with van der Waals surface area (Å²) in [6.45, 7) is 0. The Labute approximate surface area is 93.4 Å². The highest BCUT2D eigenvalue weighted by atomic mass is 79.9. The fourth-order valence-electron chi connectivity index (χ4n) is 1.21. The fourth-order valence-corrected chi connectivity index (χ4v) is 2.24. The number of halogens is 1. The lowest BCUT2D eigenvalue weighted by Gasteiger charge is -2.16. The first-order valence-electron chi connectivity index (χ1n) is 3.93. The maximum absolute atomic E-state index is 11.1. The third kappa shape index (κ3) is 1.83. The van der Waals surface area contributed by atoms with Gasteiger partial charge in [0.1, 0.15) is 0 Å². The number of hydrogen-bond donors (Lipinski definition) is 1. The quantitative estimate of drug-likeness (QED) is 0.798. The van der Waals surface area contributed by atoms with E-state index < -0.39 is 0 Å². The van der Waals surface area contributed by atoms with E-state index in [1.54, 1.807) is 12.1 Å². The minimum Gasteiger partial charge on any atom is -0.324 e. The van der Waals surface area contributed by atoms with Gasteiger partial charge in [-0.05, 0) is 34.1 Å². The number of anilines is 1. The first-order valence-corrected chi connectivity index (χ1v) is 5.71. The molecule has 0 spiro atoms. The molecule has 1 amide bonds. The third-order valence-electron chi connectivity index (χ3n) is 1.84. The predicted molar refractivity (Wildman–Crippen MR) is 59.1 cm³/mol. The second-order valence-electron chi connectivity index (χ2n) is 2.82. The number of benzene rings is 1. The second kappa shape index (κ2) is 3.74. The number of carbonyl (C=O) groups is 2. The van der Waals surface area contributed by atoms with Crippen LogP contribution in [0.2, 0.25) is 0 Å². The minimum absolute atomic E-state index is 0.0262. The molecule has 0 radical (unpaired) electrons. The number of rotatable bonds is 1. The van der Waals surface area contributed by atoms with Gasteiger partial charge in [-0.2, -0.15) is 0 Å². The Morgan fingerprint density at radius 2 is 2.29 bits per heavy atom. The van der Waals surface area contributed by atoms with Crippen LogP contribution in [0.25, 0.3) is 0 Å². The molecule has 14 heavy (non-hydrogen) atoms. The van der Waals surface area contributed by atoms with Crippen molar-refractivity contribution >= 4 is 44.0 Å². The summed E-state index contributed by atoms with van der Waals surface area (Å²) >= 11 is 4.35. The predicted octanol–water partition coefficient (Wildman–Crippen LogP) is 2.27. The van der Waals surface area contributed by atoms with Crippen LogP contribution in [0, 0.1) is 0 Å². The van der Waals surface area contributed by atoms with Crippen LogP contribution in [0.1, 0.15) is 10.4 Å². The summed E-state index contributed by atoms with van der Waals surface area (Å²) in [6.07, 6.45) is 0. The first kappa shape index (κ1) is 9.73. The number of amides is 1. The minimum atomic E-state index is -0.176. The monoisotopic (exact) mass is 271 g/mol. The van der Waals surface area contributed by atoms with Crippen LogP contribution in [0.5, 0.6) is 0 Å². The highest BCUT2D eigenvalue weighted by Crippen LogP contribution is 2.32. The highest BCUT2D eigenvalue weighted by Gasteiger charge is 2.16. The largest absolute Gasteiger partial charge is 0.324 e.